The number of nitrogens with one attached hydrogen (secondary N) is 1. The minimum Gasteiger partial charge on any atom is -0.352 e. The van der Waals surface area contributed by atoms with Crippen LogP contribution in [0, 0.1) is 13.8 Å². The fourth-order valence-electron chi connectivity index (χ4n) is 4.94. The van der Waals surface area contributed by atoms with Crippen molar-refractivity contribution >= 4 is 39.1 Å². The van der Waals surface area contributed by atoms with Gasteiger partial charge in [0.15, 0.2) is 0 Å². The average Bonchev–Trinajstić information content (AvgIpc) is 2.99. The molecule has 7 nitrogen and oxygen atoms in total. The van der Waals surface area contributed by atoms with E-state index in [2.05, 4.69) is 5.32 Å². The third-order valence-corrected chi connectivity index (χ3v) is 9.42. The Morgan fingerprint density at radius 3 is 2.07 bits per heavy atom. The average molecular weight is 632 g/mol. The van der Waals surface area contributed by atoms with Crippen LogP contribution in [-0.4, -0.2) is 43.8 Å². The number of sulfonamides is 1. The molecule has 230 valence electrons. The van der Waals surface area contributed by atoms with Crippen molar-refractivity contribution < 1.29 is 18.0 Å². The third kappa shape index (κ3) is 8.07. The lowest BCUT2D eigenvalue weighted by atomic mass is 10.0. The summed E-state index contributed by atoms with van der Waals surface area (Å²) in [5.74, 6) is -0.878. The Bertz CT molecular complexity index is 1690. The van der Waals surface area contributed by atoms with Gasteiger partial charge in [-0.05, 0) is 68.7 Å². The first-order valence-corrected chi connectivity index (χ1v) is 16.3. The minimum atomic E-state index is -4.17. The molecule has 0 heterocycles. The molecule has 0 spiro atoms. The van der Waals surface area contributed by atoms with Crippen molar-refractivity contribution in [2.75, 3.05) is 10.8 Å². The Kier molecular flexibility index (Phi) is 10.8. The molecule has 0 aliphatic rings. The number of hydrogen-bond acceptors (Lipinski definition) is 4. The van der Waals surface area contributed by atoms with E-state index in [0.29, 0.717) is 21.8 Å². The Morgan fingerprint density at radius 2 is 1.43 bits per heavy atom. The van der Waals surface area contributed by atoms with E-state index < -0.39 is 28.5 Å². The van der Waals surface area contributed by atoms with Gasteiger partial charge in [0.1, 0.15) is 12.6 Å². The van der Waals surface area contributed by atoms with Crippen LogP contribution in [0.3, 0.4) is 0 Å². The number of carbonyl (C=O) groups excluding carboxylic acids is 2. The van der Waals surface area contributed by atoms with Crippen LogP contribution < -0.4 is 9.62 Å². The number of carbonyl (C=O) groups is 2. The number of aryl methyl sites for hydroxylation is 2. The predicted octanol–water partition coefficient (Wildman–Crippen LogP) is 6.32. The second-order valence-electron chi connectivity index (χ2n) is 11.1. The first-order valence-electron chi connectivity index (χ1n) is 14.5. The summed E-state index contributed by atoms with van der Waals surface area (Å²) in [6.45, 7) is 6.87. The molecule has 4 aromatic rings. The monoisotopic (exact) mass is 631 g/mol. The normalized spacial score (nSPS) is 12.0. The highest BCUT2D eigenvalue weighted by Crippen LogP contribution is 2.28. The third-order valence-electron chi connectivity index (χ3n) is 7.27. The molecule has 0 fully saturated rings. The van der Waals surface area contributed by atoms with Gasteiger partial charge in [-0.1, -0.05) is 96.0 Å². The maximum Gasteiger partial charge on any atom is 0.264 e. The van der Waals surface area contributed by atoms with Crippen LogP contribution in [0.15, 0.2) is 108 Å². The number of amides is 2. The maximum absolute atomic E-state index is 14.5. The molecule has 2 amide bonds. The van der Waals surface area contributed by atoms with Crippen LogP contribution in [0.5, 0.6) is 0 Å². The molecule has 0 aromatic heterocycles. The summed E-state index contributed by atoms with van der Waals surface area (Å²) in [5, 5.41) is 3.40. The zero-order chi connectivity index (χ0) is 31.9. The van der Waals surface area contributed by atoms with Crippen LogP contribution in [0.2, 0.25) is 5.02 Å². The van der Waals surface area contributed by atoms with E-state index in [9.17, 15) is 18.0 Å². The van der Waals surface area contributed by atoms with Gasteiger partial charge in [-0.2, -0.15) is 0 Å². The summed E-state index contributed by atoms with van der Waals surface area (Å²) < 4.78 is 29.5. The number of para-hydroxylation sites is 1. The Balaban J connectivity index is 1.82. The van der Waals surface area contributed by atoms with Crippen molar-refractivity contribution in [1.29, 1.82) is 0 Å². The maximum atomic E-state index is 14.5. The van der Waals surface area contributed by atoms with E-state index in [-0.39, 0.29) is 29.8 Å². The van der Waals surface area contributed by atoms with Crippen LogP contribution in [0.4, 0.5) is 5.69 Å². The number of benzene rings is 4. The van der Waals surface area contributed by atoms with Crippen LogP contribution >= 0.6 is 11.6 Å². The van der Waals surface area contributed by atoms with E-state index in [0.717, 1.165) is 15.4 Å². The molecule has 0 saturated carbocycles. The highest BCUT2D eigenvalue weighted by atomic mass is 35.5. The van der Waals surface area contributed by atoms with Gasteiger partial charge in [-0.25, -0.2) is 8.42 Å². The van der Waals surface area contributed by atoms with Gasteiger partial charge in [0.05, 0.1) is 10.6 Å². The molecule has 1 atom stereocenters. The first kappa shape index (κ1) is 32.8. The molecular formula is C35H38ClN3O4S. The summed E-state index contributed by atoms with van der Waals surface area (Å²) >= 11 is 6.54. The predicted molar refractivity (Wildman–Crippen MR) is 176 cm³/mol. The Labute approximate surface area is 265 Å². The topological polar surface area (TPSA) is 86.8 Å². The summed E-state index contributed by atoms with van der Waals surface area (Å²) in [4.78, 5) is 29.8. The van der Waals surface area contributed by atoms with Gasteiger partial charge in [0.25, 0.3) is 10.0 Å². The Hall–Kier alpha value is -4.14. The van der Waals surface area contributed by atoms with Crippen molar-refractivity contribution in [1.82, 2.24) is 10.2 Å². The zero-order valence-electron chi connectivity index (χ0n) is 25.4. The Morgan fingerprint density at radius 1 is 0.818 bits per heavy atom. The molecule has 0 radical (unpaired) electrons. The van der Waals surface area contributed by atoms with Gasteiger partial charge in [0, 0.05) is 24.0 Å². The fraction of sp³-hybridized carbons (Fsp3) is 0.257. The minimum absolute atomic E-state index is 0.00765. The number of nitrogens with zero attached hydrogens (tertiary/aromatic N) is 2. The van der Waals surface area contributed by atoms with Gasteiger partial charge in [-0.15, -0.1) is 0 Å². The van der Waals surface area contributed by atoms with E-state index in [1.165, 1.54) is 17.0 Å². The van der Waals surface area contributed by atoms with Gasteiger partial charge in [0.2, 0.25) is 11.8 Å². The molecule has 1 N–H and O–H groups in total. The summed E-state index contributed by atoms with van der Waals surface area (Å²) in [7, 11) is -4.17. The van der Waals surface area contributed by atoms with Gasteiger partial charge < -0.3 is 10.2 Å². The second-order valence-corrected chi connectivity index (χ2v) is 13.4. The standard InChI is InChI=1S/C35H38ClN3O4S/c1-25(2)37-35(41)33(22-28-13-6-5-7-14-28)38(23-29-15-9-10-16-31(29)36)34(40)24-39(32-17-11-8-12-27(32)4)44(42,43)30-20-18-26(3)19-21-30/h5-21,25,33H,22-24H2,1-4H3,(H,37,41)/t33-/m1/s1. The molecular weight excluding hydrogens is 594 g/mol. The van der Waals surface area contributed by atoms with Crippen molar-refractivity contribution in [2.45, 2.75) is 57.6 Å². The first-order chi connectivity index (χ1) is 21.0. The lowest BCUT2D eigenvalue weighted by Crippen LogP contribution is -2.54. The van der Waals surface area contributed by atoms with Gasteiger partial charge >= 0.3 is 0 Å². The molecule has 0 saturated heterocycles. The highest BCUT2D eigenvalue weighted by molar-refractivity contribution is 7.92. The van der Waals surface area contributed by atoms with Crippen LogP contribution in [-0.2, 0) is 32.6 Å². The molecule has 9 heteroatoms. The SMILES string of the molecule is Cc1ccc(S(=O)(=O)N(CC(=O)N(Cc2ccccc2Cl)[C@H](Cc2ccccc2)C(=O)NC(C)C)c2ccccc2C)cc1. The molecule has 0 aliphatic heterocycles. The van der Waals surface area contributed by atoms with E-state index in [1.54, 1.807) is 55.5 Å². The lowest BCUT2D eigenvalue weighted by molar-refractivity contribution is -0.140. The van der Waals surface area contributed by atoms with E-state index >= 15 is 0 Å². The number of hydrogen-bond donors (Lipinski definition) is 1. The molecule has 0 aliphatic carbocycles. The lowest BCUT2D eigenvalue weighted by Gasteiger charge is -2.34. The number of rotatable bonds is 12. The molecule has 4 aromatic carbocycles. The van der Waals surface area contributed by atoms with Crippen molar-refractivity contribution in [3.63, 3.8) is 0 Å². The number of anilines is 1. The molecule has 0 bridgehead atoms. The quantitative estimate of drug-likeness (QED) is 0.198. The summed E-state index contributed by atoms with van der Waals surface area (Å²) in [6.07, 6.45) is 0.227. The van der Waals surface area contributed by atoms with Crippen molar-refractivity contribution in [3.05, 3.63) is 130 Å². The zero-order valence-corrected chi connectivity index (χ0v) is 27.0. The smallest absolute Gasteiger partial charge is 0.264 e. The van der Waals surface area contributed by atoms with Gasteiger partial charge in [-0.3, -0.25) is 13.9 Å². The second kappa shape index (κ2) is 14.6. The summed E-state index contributed by atoms with van der Waals surface area (Å²) in [5.41, 5.74) is 3.48. The largest absolute Gasteiger partial charge is 0.352 e. The molecule has 4 rings (SSSR count). The highest BCUT2D eigenvalue weighted by Gasteiger charge is 2.35. The van der Waals surface area contributed by atoms with E-state index in [1.807, 2.05) is 63.2 Å². The van der Waals surface area contributed by atoms with Crippen molar-refractivity contribution in [3.8, 4) is 0 Å². The molecule has 44 heavy (non-hydrogen) atoms. The molecule has 0 unspecified atom stereocenters. The van der Waals surface area contributed by atoms with E-state index in [4.69, 9.17) is 11.6 Å². The van der Waals surface area contributed by atoms with Crippen molar-refractivity contribution in [2.24, 2.45) is 0 Å². The number of halogens is 1. The van der Waals surface area contributed by atoms with Crippen LogP contribution in [0.25, 0.3) is 0 Å². The fourth-order valence-corrected chi connectivity index (χ4v) is 6.61. The van der Waals surface area contributed by atoms with Crippen LogP contribution in [0.1, 0.15) is 36.1 Å². The summed E-state index contributed by atoms with van der Waals surface area (Å²) in [6, 6.07) is 29.0.